The Morgan fingerprint density at radius 2 is 2.05 bits per heavy atom. The fourth-order valence-electron chi connectivity index (χ4n) is 2.04. The number of rotatable bonds is 9. The molecule has 0 aliphatic carbocycles. The topological polar surface area (TPSA) is 104 Å². The number of sulfonamides is 1. The van der Waals surface area contributed by atoms with Crippen LogP contribution in [0.1, 0.15) is 31.5 Å². The van der Waals surface area contributed by atoms with Crippen LogP contribution >= 0.6 is 0 Å². The van der Waals surface area contributed by atoms with Crippen molar-refractivity contribution in [1.82, 2.24) is 19.8 Å². The number of likely N-dealkylation sites (N-methyl/N-ethyl adjacent to an activating group) is 1. The van der Waals surface area contributed by atoms with Gasteiger partial charge >= 0.3 is 0 Å². The molecule has 8 heteroatoms. The van der Waals surface area contributed by atoms with Gasteiger partial charge in [0.05, 0.1) is 0 Å². The van der Waals surface area contributed by atoms with E-state index in [2.05, 4.69) is 33.7 Å². The second-order valence-electron chi connectivity index (χ2n) is 4.67. The summed E-state index contributed by atoms with van der Waals surface area (Å²) >= 11 is 0. The summed E-state index contributed by atoms with van der Waals surface area (Å²) in [6.45, 7) is 9.00. The van der Waals surface area contributed by atoms with Gasteiger partial charge in [-0.15, -0.1) is 0 Å². The van der Waals surface area contributed by atoms with Crippen LogP contribution in [-0.2, 0) is 16.6 Å². The van der Waals surface area contributed by atoms with Gasteiger partial charge < -0.3 is 10.6 Å². The number of aryl methyl sites for hydroxylation is 1. The molecule has 0 bridgehead atoms. The van der Waals surface area contributed by atoms with Crippen molar-refractivity contribution in [2.75, 3.05) is 26.2 Å². The van der Waals surface area contributed by atoms with Crippen molar-refractivity contribution in [1.29, 1.82) is 0 Å². The van der Waals surface area contributed by atoms with E-state index in [4.69, 9.17) is 5.73 Å². The summed E-state index contributed by atoms with van der Waals surface area (Å²) in [5, 5.41) is 6.52. The molecular formula is C12H25N5O2S. The van der Waals surface area contributed by atoms with Crippen LogP contribution in [0.5, 0.6) is 0 Å². The first-order valence-corrected chi connectivity index (χ1v) is 8.40. The lowest BCUT2D eigenvalue weighted by Crippen LogP contribution is -2.35. The Labute approximate surface area is 121 Å². The van der Waals surface area contributed by atoms with Crippen molar-refractivity contribution in [2.45, 2.75) is 38.8 Å². The molecule has 0 amide bonds. The minimum absolute atomic E-state index is 0.0102. The van der Waals surface area contributed by atoms with Crippen LogP contribution in [0.15, 0.2) is 5.03 Å². The van der Waals surface area contributed by atoms with E-state index in [9.17, 15) is 8.42 Å². The number of nitrogens with zero attached hydrogens (tertiary/aromatic N) is 2. The van der Waals surface area contributed by atoms with E-state index in [1.165, 1.54) is 0 Å². The van der Waals surface area contributed by atoms with E-state index in [0.29, 0.717) is 24.3 Å². The number of aromatic nitrogens is 2. The quantitative estimate of drug-likeness (QED) is 0.604. The number of aromatic amines is 1. The number of hydrogen-bond acceptors (Lipinski definition) is 5. The first kappa shape index (κ1) is 17.1. The van der Waals surface area contributed by atoms with E-state index < -0.39 is 10.0 Å². The van der Waals surface area contributed by atoms with Gasteiger partial charge in [-0.2, -0.15) is 5.10 Å². The summed E-state index contributed by atoms with van der Waals surface area (Å²) in [5.74, 6) is 0. The van der Waals surface area contributed by atoms with Gasteiger partial charge in [-0.25, -0.2) is 13.1 Å². The minimum atomic E-state index is -3.60. The van der Waals surface area contributed by atoms with Crippen molar-refractivity contribution in [3.63, 3.8) is 0 Å². The monoisotopic (exact) mass is 303 g/mol. The number of hydrogen-bond donors (Lipinski definition) is 3. The zero-order valence-corrected chi connectivity index (χ0v) is 13.3. The van der Waals surface area contributed by atoms with E-state index in [1.807, 2.05) is 0 Å². The third-order valence-electron chi connectivity index (χ3n) is 3.20. The maximum atomic E-state index is 12.2. The number of H-pyrrole nitrogens is 1. The van der Waals surface area contributed by atoms with Crippen molar-refractivity contribution >= 4 is 10.0 Å². The first-order chi connectivity index (χ1) is 9.46. The smallest absolute Gasteiger partial charge is 0.260 e. The van der Waals surface area contributed by atoms with Gasteiger partial charge in [-0.1, -0.05) is 13.8 Å². The van der Waals surface area contributed by atoms with Crippen LogP contribution in [-0.4, -0.2) is 49.7 Å². The third-order valence-corrected chi connectivity index (χ3v) is 4.63. The van der Waals surface area contributed by atoms with Gasteiger partial charge in [-0.05, 0) is 26.4 Å². The molecule has 1 heterocycles. The summed E-state index contributed by atoms with van der Waals surface area (Å²) in [6.07, 6.45) is 1.05. The van der Waals surface area contributed by atoms with Gasteiger partial charge in [0.15, 0.2) is 5.03 Å². The zero-order chi connectivity index (χ0) is 15.2. The normalized spacial score (nSPS) is 12.2. The number of nitrogens with two attached hydrogens (primary N) is 1. The summed E-state index contributed by atoms with van der Waals surface area (Å²) < 4.78 is 26.9. The lowest BCUT2D eigenvalue weighted by Gasteiger charge is -2.19. The van der Waals surface area contributed by atoms with Gasteiger partial charge in [0.1, 0.15) is 0 Å². The van der Waals surface area contributed by atoms with E-state index in [-0.39, 0.29) is 11.6 Å². The lowest BCUT2D eigenvalue weighted by atomic mass is 10.3. The van der Waals surface area contributed by atoms with Crippen LogP contribution in [0.2, 0.25) is 0 Å². The standard InChI is InChI=1S/C12H25N5O2S/c1-4-7-17(5-2)8-6-14-20(18,19)12-11(9-13)10(3)15-16-12/h14H,4-9,13H2,1-3H3,(H,15,16). The highest BCUT2D eigenvalue weighted by Gasteiger charge is 2.22. The van der Waals surface area contributed by atoms with Gasteiger partial charge in [0, 0.05) is 30.9 Å². The fourth-order valence-corrected chi connectivity index (χ4v) is 3.27. The summed E-state index contributed by atoms with van der Waals surface area (Å²) in [4.78, 5) is 2.20. The molecule has 0 atom stereocenters. The second kappa shape index (κ2) is 7.72. The molecule has 0 aromatic carbocycles. The van der Waals surface area contributed by atoms with Crippen LogP contribution in [0, 0.1) is 6.92 Å². The Balaban J connectivity index is 2.66. The molecule has 116 valence electrons. The van der Waals surface area contributed by atoms with Crippen LogP contribution < -0.4 is 10.5 Å². The van der Waals surface area contributed by atoms with E-state index >= 15 is 0 Å². The first-order valence-electron chi connectivity index (χ1n) is 6.92. The predicted molar refractivity (Wildman–Crippen MR) is 78.8 cm³/mol. The molecule has 20 heavy (non-hydrogen) atoms. The molecule has 0 radical (unpaired) electrons. The number of nitrogens with one attached hydrogen (secondary N) is 2. The van der Waals surface area contributed by atoms with Crippen molar-refractivity contribution < 1.29 is 8.42 Å². The van der Waals surface area contributed by atoms with Crippen molar-refractivity contribution in [3.05, 3.63) is 11.3 Å². The molecule has 0 saturated carbocycles. The van der Waals surface area contributed by atoms with Crippen molar-refractivity contribution in [3.8, 4) is 0 Å². The average molecular weight is 303 g/mol. The molecule has 0 spiro atoms. The highest BCUT2D eigenvalue weighted by molar-refractivity contribution is 7.89. The molecular weight excluding hydrogens is 278 g/mol. The lowest BCUT2D eigenvalue weighted by molar-refractivity contribution is 0.293. The minimum Gasteiger partial charge on any atom is -0.326 e. The van der Waals surface area contributed by atoms with Crippen LogP contribution in [0.25, 0.3) is 0 Å². The Morgan fingerprint density at radius 3 is 2.60 bits per heavy atom. The zero-order valence-electron chi connectivity index (χ0n) is 12.4. The second-order valence-corrected chi connectivity index (χ2v) is 6.35. The maximum absolute atomic E-state index is 12.2. The van der Waals surface area contributed by atoms with Gasteiger partial charge in [-0.3, -0.25) is 5.10 Å². The maximum Gasteiger partial charge on any atom is 0.260 e. The molecule has 0 fully saturated rings. The molecule has 7 nitrogen and oxygen atoms in total. The molecule has 4 N–H and O–H groups in total. The van der Waals surface area contributed by atoms with Gasteiger partial charge in [0.25, 0.3) is 10.0 Å². The summed E-state index contributed by atoms with van der Waals surface area (Å²) in [6, 6.07) is 0. The summed E-state index contributed by atoms with van der Waals surface area (Å²) in [5.41, 5.74) is 6.80. The van der Waals surface area contributed by atoms with Crippen molar-refractivity contribution in [2.24, 2.45) is 5.73 Å². The van der Waals surface area contributed by atoms with Gasteiger partial charge in [0.2, 0.25) is 0 Å². The Kier molecular flexibility index (Phi) is 6.60. The highest BCUT2D eigenvalue weighted by atomic mass is 32.2. The van der Waals surface area contributed by atoms with Crippen LogP contribution in [0.3, 0.4) is 0 Å². The van der Waals surface area contributed by atoms with Crippen LogP contribution in [0.4, 0.5) is 0 Å². The molecule has 0 aliphatic rings. The Morgan fingerprint density at radius 1 is 1.35 bits per heavy atom. The summed E-state index contributed by atoms with van der Waals surface area (Å²) in [7, 11) is -3.60. The molecule has 0 aliphatic heterocycles. The Hall–Kier alpha value is -0.960. The largest absolute Gasteiger partial charge is 0.326 e. The Bertz CT molecular complexity index is 512. The molecule has 0 saturated heterocycles. The molecule has 1 aromatic rings. The SMILES string of the molecule is CCCN(CC)CCNS(=O)(=O)c1n[nH]c(C)c1CN. The van der Waals surface area contributed by atoms with E-state index in [0.717, 1.165) is 19.5 Å². The third kappa shape index (κ3) is 4.27. The highest BCUT2D eigenvalue weighted by Crippen LogP contribution is 2.14. The van der Waals surface area contributed by atoms with E-state index in [1.54, 1.807) is 6.92 Å². The molecule has 0 unspecified atom stereocenters. The molecule has 1 rings (SSSR count). The fraction of sp³-hybridized carbons (Fsp3) is 0.750. The average Bonchev–Trinajstić information content (AvgIpc) is 2.79. The predicted octanol–water partition coefficient (Wildman–Crippen LogP) is 0.187. The molecule has 1 aromatic heterocycles.